The molecule has 0 rings (SSSR count). The lowest BCUT2D eigenvalue weighted by atomic mass is 10.1. The van der Waals surface area contributed by atoms with Crippen LogP contribution >= 0.6 is 0 Å². The van der Waals surface area contributed by atoms with E-state index in [1.54, 1.807) is 0 Å². The molecule has 0 aliphatic rings. The summed E-state index contributed by atoms with van der Waals surface area (Å²) in [5.41, 5.74) is 0. The van der Waals surface area contributed by atoms with Crippen LogP contribution in [0.1, 0.15) is 20.3 Å². The van der Waals surface area contributed by atoms with E-state index in [4.69, 9.17) is 5.26 Å². The van der Waals surface area contributed by atoms with Gasteiger partial charge in [0.1, 0.15) is 6.04 Å². The van der Waals surface area contributed by atoms with E-state index in [1.165, 1.54) is 0 Å². The maximum absolute atomic E-state index is 9.89. The van der Waals surface area contributed by atoms with Gasteiger partial charge in [0, 0.05) is 0 Å². The van der Waals surface area contributed by atoms with E-state index < -0.39 is 0 Å². The number of carbonyl (C=O) groups is 1. The molecular formula is C7H12N2O. The first kappa shape index (κ1) is 8.96. The molecule has 0 heterocycles. The Hall–Kier alpha value is -1.04. The van der Waals surface area contributed by atoms with Gasteiger partial charge in [0.05, 0.1) is 6.07 Å². The number of nitriles is 1. The first-order valence-corrected chi connectivity index (χ1v) is 3.30. The van der Waals surface area contributed by atoms with Gasteiger partial charge in [0.15, 0.2) is 0 Å². The quantitative estimate of drug-likeness (QED) is 0.583. The van der Waals surface area contributed by atoms with Crippen LogP contribution in [0.5, 0.6) is 0 Å². The minimum absolute atomic E-state index is 0.322. The molecule has 0 bridgehead atoms. The minimum Gasteiger partial charge on any atom is -0.343 e. The van der Waals surface area contributed by atoms with E-state index in [9.17, 15) is 4.79 Å². The summed E-state index contributed by atoms with van der Waals surface area (Å²) >= 11 is 0. The largest absolute Gasteiger partial charge is 0.343 e. The third kappa shape index (κ3) is 3.90. The number of rotatable bonds is 4. The van der Waals surface area contributed by atoms with Crippen LogP contribution in [-0.2, 0) is 4.79 Å². The molecule has 1 N–H and O–H groups in total. The van der Waals surface area contributed by atoms with Gasteiger partial charge in [-0.1, -0.05) is 13.8 Å². The van der Waals surface area contributed by atoms with E-state index in [1.807, 2.05) is 19.9 Å². The first-order valence-electron chi connectivity index (χ1n) is 3.30. The zero-order valence-electron chi connectivity index (χ0n) is 6.29. The van der Waals surface area contributed by atoms with Crippen molar-refractivity contribution in [3.63, 3.8) is 0 Å². The Labute approximate surface area is 61.0 Å². The molecule has 0 saturated carbocycles. The van der Waals surface area contributed by atoms with E-state index in [0.717, 1.165) is 6.42 Å². The van der Waals surface area contributed by atoms with Gasteiger partial charge in [0.2, 0.25) is 6.41 Å². The highest BCUT2D eigenvalue weighted by Gasteiger charge is 2.06. The van der Waals surface area contributed by atoms with Gasteiger partial charge in [-0.05, 0) is 12.3 Å². The molecule has 1 amide bonds. The third-order valence-electron chi connectivity index (χ3n) is 1.13. The summed E-state index contributed by atoms with van der Waals surface area (Å²) in [6.45, 7) is 4.02. The number of hydrogen-bond acceptors (Lipinski definition) is 2. The molecule has 1 unspecified atom stereocenters. The van der Waals surface area contributed by atoms with Crippen molar-refractivity contribution in [3.8, 4) is 6.07 Å². The van der Waals surface area contributed by atoms with E-state index >= 15 is 0 Å². The Kier molecular flexibility index (Phi) is 4.30. The Morgan fingerprint density at radius 2 is 2.30 bits per heavy atom. The van der Waals surface area contributed by atoms with Crippen LogP contribution in [0.15, 0.2) is 0 Å². The predicted molar refractivity (Wildman–Crippen MR) is 38.1 cm³/mol. The summed E-state index contributed by atoms with van der Waals surface area (Å²) in [5, 5.41) is 10.9. The fourth-order valence-corrected chi connectivity index (χ4v) is 0.712. The molecule has 0 spiro atoms. The average molecular weight is 140 g/mol. The molecule has 56 valence electrons. The van der Waals surface area contributed by atoms with Gasteiger partial charge in [-0.25, -0.2) is 0 Å². The average Bonchev–Trinajstić information content (AvgIpc) is 1.86. The molecule has 0 aromatic carbocycles. The second-order valence-corrected chi connectivity index (χ2v) is 2.60. The van der Waals surface area contributed by atoms with Gasteiger partial charge in [-0.2, -0.15) is 5.26 Å². The number of hydrogen-bond donors (Lipinski definition) is 1. The van der Waals surface area contributed by atoms with Crippen molar-refractivity contribution in [3.05, 3.63) is 0 Å². The lowest BCUT2D eigenvalue weighted by Gasteiger charge is -2.08. The number of nitrogens with one attached hydrogen (secondary N) is 1. The van der Waals surface area contributed by atoms with Gasteiger partial charge >= 0.3 is 0 Å². The molecule has 0 aromatic rings. The van der Waals surface area contributed by atoms with E-state index in [0.29, 0.717) is 12.3 Å². The SMILES string of the molecule is CC(C)CC(C#N)NC=O. The first-order chi connectivity index (χ1) is 4.70. The summed E-state index contributed by atoms with van der Waals surface area (Å²) in [6, 6.07) is 1.67. The Bertz CT molecular complexity index is 137. The molecule has 1 atom stereocenters. The molecular weight excluding hydrogens is 128 g/mol. The molecule has 3 heteroatoms. The molecule has 3 nitrogen and oxygen atoms in total. The molecule has 0 aliphatic carbocycles. The Balaban J connectivity index is 3.62. The second-order valence-electron chi connectivity index (χ2n) is 2.60. The van der Waals surface area contributed by atoms with Crippen LogP contribution < -0.4 is 5.32 Å². The Morgan fingerprint density at radius 1 is 1.70 bits per heavy atom. The van der Waals surface area contributed by atoms with Gasteiger partial charge in [-0.15, -0.1) is 0 Å². The lowest BCUT2D eigenvalue weighted by molar-refractivity contribution is -0.109. The molecule has 0 saturated heterocycles. The Morgan fingerprint density at radius 3 is 2.60 bits per heavy atom. The number of nitrogens with zero attached hydrogens (tertiary/aromatic N) is 1. The topological polar surface area (TPSA) is 52.9 Å². The van der Waals surface area contributed by atoms with Crippen LogP contribution in [0.2, 0.25) is 0 Å². The van der Waals surface area contributed by atoms with Crippen molar-refractivity contribution in [1.82, 2.24) is 5.32 Å². The van der Waals surface area contributed by atoms with Crippen molar-refractivity contribution in [2.75, 3.05) is 0 Å². The molecule has 0 aliphatic heterocycles. The maximum Gasteiger partial charge on any atom is 0.208 e. The van der Waals surface area contributed by atoms with E-state index in [2.05, 4.69) is 5.32 Å². The smallest absolute Gasteiger partial charge is 0.208 e. The maximum atomic E-state index is 9.89. The zero-order valence-corrected chi connectivity index (χ0v) is 6.29. The normalized spacial score (nSPS) is 12.2. The highest BCUT2D eigenvalue weighted by Crippen LogP contribution is 2.02. The fraction of sp³-hybridized carbons (Fsp3) is 0.714. The predicted octanol–water partition coefficient (Wildman–Crippen LogP) is 0.671. The summed E-state index contributed by atoms with van der Waals surface area (Å²) in [7, 11) is 0. The summed E-state index contributed by atoms with van der Waals surface area (Å²) in [4.78, 5) is 9.89. The molecule has 10 heavy (non-hydrogen) atoms. The van der Waals surface area contributed by atoms with Gasteiger partial charge in [-0.3, -0.25) is 4.79 Å². The summed E-state index contributed by atoms with van der Waals surface area (Å²) in [6.07, 6.45) is 1.28. The second kappa shape index (κ2) is 4.80. The lowest BCUT2D eigenvalue weighted by Crippen LogP contribution is -2.27. The van der Waals surface area contributed by atoms with E-state index in [-0.39, 0.29) is 6.04 Å². The van der Waals surface area contributed by atoms with Crippen LogP contribution in [0.4, 0.5) is 0 Å². The molecule has 0 aromatic heterocycles. The highest BCUT2D eigenvalue weighted by molar-refractivity contribution is 5.47. The fourth-order valence-electron chi connectivity index (χ4n) is 0.712. The van der Waals surface area contributed by atoms with Crippen LogP contribution in [0.25, 0.3) is 0 Å². The minimum atomic E-state index is -0.322. The third-order valence-corrected chi connectivity index (χ3v) is 1.13. The summed E-state index contributed by atoms with van der Waals surface area (Å²) in [5.74, 6) is 0.442. The number of carbonyl (C=O) groups excluding carboxylic acids is 1. The number of amides is 1. The zero-order chi connectivity index (χ0) is 7.98. The van der Waals surface area contributed by atoms with Crippen molar-refractivity contribution >= 4 is 6.41 Å². The summed E-state index contributed by atoms with van der Waals surface area (Å²) < 4.78 is 0. The van der Waals surface area contributed by atoms with Crippen LogP contribution in [-0.4, -0.2) is 12.5 Å². The van der Waals surface area contributed by atoms with Crippen LogP contribution in [0, 0.1) is 17.2 Å². The van der Waals surface area contributed by atoms with Crippen molar-refractivity contribution < 1.29 is 4.79 Å². The molecule has 0 radical (unpaired) electrons. The van der Waals surface area contributed by atoms with Crippen LogP contribution in [0.3, 0.4) is 0 Å². The van der Waals surface area contributed by atoms with Gasteiger partial charge < -0.3 is 5.32 Å². The monoisotopic (exact) mass is 140 g/mol. The molecule has 0 fully saturated rings. The standard InChI is InChI=1S/C7H12N2O/c1-6(2)3-7(4-8)9-5-10/h5-7H,3H2,1-2H3,(H,9,10). The van der Waals surface area contributed by atoms with Crippen molar-refractivity contribution in [2.45, 2.75) is 26.3 Å². The highest BCUT2D eigenvalue weighted by atomic mass is 16.1. The van der Waals surface area contributed by atoms with Gasteiger partial charge in [0.25, 0.3) is 0 Å². The van der Waals surface area contributed by atoms with Crippen molar-refractivity contribution in [1.29, 1.82) is 5.26 Å². The van der Waals surface area contributed by atoms with Crippen molar-refractivity contribution in [2.24, 2.45) is 5.92 Å².